The molecule has 0 aliphatic carbocycles. The Bertz CT molecular complexity index is 1000. The summed E-state index contributed by atoms with van der Waals surface area (Å²) in [4.78, 5) is 2.19. The van der Waals surface area contributed by atoms with Crippen molar-refractivity contribution in [1.82, 2.24) is 0 Å². The molecule has 0 bridgehead atoms. The van der Waals surface area contributed by atoms with Crippen LogP contribution in [0.5, 0.6) is 5.75 Å². The first kappa shape index (κ1) is 16.4. The fourth-order valence-electron chi connectivity index (χ4n) is 3.47. The van der Waals surface area contributed by atoms with Crippen LogP contribution in [0.2, 0.25) is 0 Å². The van der Waals surface area contributed by atoms with E-state index in [2.05, 4.69) is 78.1 Å². The first-order valence-corrected chi connectivity index (χ1v) is 9.15. The standard InChI is InChI=1S/C23H23N2O/c1-3-24-17-16-18(19-11-5-6-12-20(19)24)10-9-15-23-25(4-2)21-13-7-8-14-22(21)26-23/h5-17H,3-4H2,1-2H3/q+1. The van der Waals surface area contributed by atoms with E-state index in [0.717, 1.165) is 30.4 Å². The predicted octanol–water partition coefficient (Wildman–Crippen LogP) is 4.92. The lowest BCUT2D eigenvalue weighted by Gasteiger charge is -2.14. The van der Waals surface area contributed by atoms with Crippen LogP contribution < -0.4 is 14.2 Å². The normalized spacial score (nSPS) is 15.0. The van der Waals surface area contributed by atoms with Crippen LogP contribution in [0.1, 0.15) is 19.4 Å². The molecule has 1 aliphatic heterocycles. The summed E-state index contributed by atoms with van der Waals surface area (Å²) in [5.74, 6) is 1.79. The number of benzene rings is 2. The van der Waals surface area contributed by atoms with Crippen molar-refractivity contribution in [1.29, 1.82) is 0 Å². The van der Waals surface area contributed by atoms with E-state index in [4.69, 9.17) is 4.74 Å². The number of nitrogens with zero attached hydrogens (tertiary/aromatic N) is 2. The van der Waals surface area contributed by atoms with Gasteiger partial charge in [-0.1, -0.05) is 36.4 Å². The molecule has 3 nitrogen and oxygen atoms in total. The highest BCUT2D eigenvalue weighted by atomic mass is 16.5. The van der Waals surface area contributed by atoms with Gasteiger partial charge in [-0.05, 0) is 43.7 Å². The van der Waals surface area contributed by atoms with E-state index in [1.165, 1.54) is 16.5 Å². The van der Waals surface area contributed by atoms with E-state index in [9.17, 15) is 0 Å². The molecular formula is C23H23N2O+. The molecule has 0 fully saturated rings. The number of rotatable bonds is 4. The maximum Gasteiger partial charge on any atom is 0.213 e. The van der Waals surface area contributed by atoms with Gasteiger partial charge in [-0.15, -0.1) is 0 Å². The number of para-hydroxylation sites is 3. The van der Waals surface area contributed by atoms with Gasteiger partial charge in [0.25, 0.3) is 0 Å². The minimum atomic E-state index is 0.869. The zero-order valence-corrected chi connectivity index (χ0v) is 15.2. The van der Waals surface area contributed by atoms with Crippen molar-refractivity contribution < 1.29 is 9.30 Å². The van der Waals surface area contributed by atoms with Gasteiger partial charge < -0.3 is 9.64 Å². The summed E-state index contributed by atoms with van der Waals surface area (Å²) in [6, 6.07) is 18.9. The second kappa shape index (κ2) is 7.04. The number of aromatic nitrogens is 1. The topological polar surface area (TPSA) is 16.4 Å². The van der Waals surface area contributed by atoms with Gasteiger partial charge in [0, 0.05) is 18.7 Å². The number of ether oxygens (including phenoxy) is 1. The molecule has 0 saturated heterocycles. The molecule has 0 saturated carbocycles. The second-order valence-electron chi connectivity index (χ2n) is 6.25. The quantitative estimate of drug-likeness (QED) is 0.625. The van der Waals surface area contributed by atoms with Crippen LogP contribution >= 0.6 is 0 Å². The molecule has 2 aromatic carbocycles. The molecule has 0 amide bonds. The van der Waals surface area contributed by atoms with Crippen LogP contribution in [0.3, 0.4) is 0 Å². The Hall–Kier alpha value is -3.07. The fourth-order valence-corrected chi connectivity index (χ4v) is 3.47. The summed E-state index contributed by atoms with van der Waals surface area (Å²) in [6.07, 6.45) is 8.41. The van der Waals surface area contributed by atoms with E-state index in [-0.39, 0.29) is 0 Å². The van der Waals surface area contributed by atoms with Gasteiger partial charge in [0.1, 0.15) is 6.54 Å². The number of anilines is 1. The molecule has 0 unspecified atom stereocenters. The van der Waals surface area contributed by atoms with Crippen LogP contribution in [-0.2, 0) is 6.54 Å². The van der Waals surface area contributed by atoms with Gasteiger partial charge in [0.05, 0.1) is 11.1 Å². The summed E-state index contributed by atoms with van der Waals surface area (Å²) >= 11 is 0. The van der Waals surface area contributed by atoms with Crippen molar-refractivity contribution >= 4 is 22.7 Å². The molecule has 0 spiro atoms. The van der Waals surface area contributed by atoms with E-state index >= 15 is 0 Å². The van der Waals surface area contributed by atoms with E-state index < -0.39 is 0 Å². The maximum atomic E-state index is 6.00. The number of aryl methyl sites for hydroxylation is 1. The highest BCUT2D eigenvalue weighted by Crippen LogP contribution is 2.38. The summed E-state index contributed by atoms with van der Waals surface area (Å²) in [7, 11) is 0. The largest absolute Gasteiger partial charge is 0.439 e. The summed E-state index contributed by atoms with van der Waals surface area (Å²) < 4.78 is 8.27. The lowest BCUT2D eigenvalue weighted by atomic mass is 10.1. The van der Waals surface area contributed by atoms with Crippen LogP contribution in [-0.4, -0.2) is 6.54 Å². The van der Waals surface area contributed by atoms with Crippen LogP contribution in [0, 0.1) is 0 Å². The van der Waals surface area contributed by atoms with Crippen molar-refractivity contribution in [2.45, 2.75) is 20.4 Å². The minimum absolute atomic E-state index is 0.869. The van der Waals surface area contributed by atoms with Gasteiger partial charge in [0.2, 0.25) is 11.4 Å². The van der Waals surface area contributed by atoms with E-state index in [1.54, 1.807) is 0 Å². The number of hydrogen-bond donors (Lipinski definition) is 0. The second-order valence-corrected chi connectivity index (χ2v) is 6.25. The Kier molecular flexibility index (Phi) is 4.44. The molecule has 1 aromatic heterocycles. The third kappa shape index (κ3) is 2.86. The summed E-state index contributed by atoms with van der Waals surface area (Å²) in [6.45, 7) is 6.14. The average Bonchev–Trinajstić information content (AvgIpc) is 3.05. The summed E-state index contributed by atoms with van der Waals surface area (Å²) in [5.41, 5.74) is 3.59. The van der Waals surface area contributed by atoms with Crippen molar-refractivity contribution in [3.05, 3.63) is 84.4 Å². The number of hydrogen-bond acceptors (Lipinski definition) is 2. The SMILES string of the molecule is CCN1C(=CC=Cc2cc[n+](CC)c3ccccc23)Oc2ccccc21. The monoisotopic (exact) mass is 343 g/mol. The molecule has 0 radical (unpaired) electrons. The molecule has 0 N–H and O–H groups in total. The number of allylic oxidation sites excluding steroid dienone is 2. The third-order valence-corrected chi connectivity index (χ3v) is 4.77. The summed E-state index contributed by atoms with van der Waals surface area (Å²) in [5, 5.41) is 1.26. The van der Waals surface area contributed by atoms with Crippen LogP contribution in [0.15, 0.2) is 78.8 Å². The zero-order chi connectivity index (χ0) is 17.9. The Balaban J connectivity index is 1.66. The van der Waals surface area contributed by atoms with E-state index in [0.29, 0.717) is 0 Å². The molecule has 26 heavy (non-hydrogen) atoms. The highest BCUT2D eigenvalue weighted by molar-refractivity contribution is 5.85. The first-order chi connectivity index (χ1) is 12.8. The Morgan fingerprint density at radius 1 is 1.00 bits per heavy atom. The Morgan fingerprint density at radius 2 is 1.81 bits per heavy atom. The van der Waals surface area contributed by atoms with Gasteiger partial charge >= 0.3 is 0 Å². The minimum Gasteiger partial charge on any atom is -0.439 e. The Morgan fingerprint density at radius 3 is 2.65 bits per heavy atom. The van der Waals surface area contributed by atoms with Crippen LogP contribution in [0.25, 0.3) is 17.0 Å². The molecule has 3 heteroatoms. The zero-order valence-electron chi connectivity index (χ0n) is 15.2. The molecule has 2 heterocycles. The first-order valence-electron chi connectivity index (χ1n) is 9.15. The molecule has 4 rings (SSSR count). The molecule has 3 aromatic rings. The van der Waals surface area contributed by atoms with Crippen molar-refractivity contribution in [2.75, 3.05) is 11.4 Å². The number of fused-ring (bicyclic) bond motifs is 2. The third-order valence-electron chi connectivity index (χ3n) is 4.77. The maximum absolute atomic E-state index is 6.00. The predicted molar refractivity (Wildman–Crippen MR) is 107 cm³/mol. The lowest BCUT2D eigenvalue weighted by Crippen LogP contribution is -2.32. The van der Waals surface area contributed by atoms with Crippen molar-refractivity contribution in [3.8, 4) is 5.75 Å². The fraction of sp³-hybridized carbons (Fsp3) is 0.174. The van der Waals surface area contributed by atoms with Crippen LogP contribution in [0.4, 0.5) is 5.69 Å². The molecule has 1 aliphatic rings. The smallest absolute Gasteiger partial charge is 0.213 e. The Labute approximate surface area is 154 Å². The molecule has 130 valence electrons. The van der Waals surface area contributed by atoms with E-state index in [1.807, 2.05) is 24.3 Å². The molecular weight excluding hydrogens is 320 g/mol. The average molecular weight is 343 g/mol. The number of pyridine rings is 1. The van der Waals surface area contributed by atoms with Gasteiger partial charge in [0.15, 0.2) is 11.9 Å². The van der Waals surface area contributed by atoms with Gasteiger partial charge in [-0.2, -0.15) is 4.57 Å². The van der Waals surface area contributed by atoms with Gasteiger partial charge in [-0.3, -0.25) is 0 Å². The molecule has 0 atom stereocenters. The van der Waals surface area contributed by atoms with Gasteiger partial charge in [-0.25, -0.2) is 0 Å². The highest BCUT2D eigenvalue weighted by Gasteiger charge is 2.23. The lowest BCUT2D eigenvalue weighted by molar-refractivity contribution is -0.667. The van der Waals surface area contributed by atoms with Crippen molar-refractivity contribution in [3.63, 3.8) is 0 Å². The van der Waals surface area contributed by atoms with Crippen molar-refractivity contribution in [2.24, 2.45) is 0 Å².